The van der Waals surface area contributed by atoms with Crippen LogP contribution in [0, 0.1) is 0 Å². The SMILES string of the molecule is C=Cc1c(/C(=C/C=C\C)C(=C)C)c2c3ccccc3n(-c3ccc4c(ccc5ccccc54)c3)c2c2ccccc12. The quantitative estimate of drug-likeness (QED) is 0.156. The highest BCUT2D eigenvalue weighted by molar-refractivity contribution is 6.25. The minimum atomic E-state index is 1.03. The van der Waals surface area contributed by atoms with Crippen molar-refractivity contribution in [2.24, 2.45) is 0 Å². The van der Waals surface area contributed by atoms with Crippen molar-refractivity contribution in [2.75, 3.05) is 0 Å². The van der Waals surface area contributed by atoms with Gasteiger partial charge in [0.25, 0.3) is 0 Å². The first-order valence-corrected chi connectivity index (χ1v) is 14.1. The van der Waals surface area contributed by atoms with Crippen LogP contribution in [0.4, 0.5) is 0 Å². The third kappa shape index (κ3) is 3.77. The zero-order valence-corrected chi connectivity index (χ0v) is 23.5. The van der Waals surface area contributed by atoms with Gasteiger partial charge >= 0.3 is 0 Å². The summed E-state index contributed by atoms with van der Waals surface area (Å²) in [5.74, 6) is 0. The van der Waals surface area contributed by atoms with E-state index >= 15 is 0 Å². The summed E-state index contributed by atoms with van der Waals surface area (Å²) in [6.07, 6.45) is 8.37. The van der Waals surface area contributed by atoms with Gasteiger partial charge in [0.2, 0.25) is 0 Å². The van der Waals surface area contributed by atoms with Crippen LogP contribution < -0.4 is 0 Å². The summed E-state index contributed by atoms with van der Waals surface area (Å²) in [6.45, 7) is 12.8. The number of para-hydroxylation sites is 1. The predicted octanol–water partition coefficient (Wildman–Crippen LogP) is 11.4. The number of rotatable bonds is 5. The average molecular weight is 526 g/mol. The standard InChI is InChI=1S/C40H31N/c1-5-7-15-31(26(3)4)38-30(6-2)34-17-10-11-18-35(34)40-39(38)36-19-12-13-20-37(36)41(40)29-23-24-33-28(25-29)22-21-27-14-8-9-16-32(27)33/h5-25H,2-3H2,1,4H3/b7-5-,31-15+. The van der Waals surface area contributed by atoms with Gasteiger partial charge in [0.05, 0.1) is 11.0 Å². The molecular formula is C40H31N. The Morgan fingerprint density at radius 2 is 1.37 bits per heavy atom. The molecule has 0 saturated heterocycles. The maximum Gasteiger partial charge on any atom is 0.0626 e. The van der Waals surface area contributed by atoms with Crippen LogP contribution in [0.3, 0.4) is 0 Å². The molecule has 0 N–H and O–H groups in total. The highest BCUT2D eigenvalue weighted by Gasteiger charge is 2.23. The second-order valence-corrected chi connectivity index (χ2v) is 10.7. The molecule has 1 aromatic heterocycles. The summed E-state index contributed by atoms with van der Waals surface area (Å²) in [5, 5.41) is 9.89. The highest BCUT2D eigenvalue weighted by Crippen LogP contribution is 2.45. The number of aromatic nitrogens is 1. The number of hydrogen-bond acceptors (Lipinski definition) is 0. The molecule has 0 unspecified atom stereocenters. The fourth-order valence-electron chi connectivity index (χ4n) is 6.47. The molecule has 7 aromatic rings. The van der Waals surface area contributed by atoms with E-state index in [1.165, 1.54) is 59.7 Å². The van der Waals surface area contributed by atoms with Crippen LogP contribution in [0.1, 0.15) is 25.0 Å². The minimum absolute atomic E-state index is 1.03. The van der Waals surface area contributed by atoms with E-state index in [0.717, 1.165) is 22.4 Å². The number of hydrogen-bond donors (Lipinski definition) is 0. The Bertz CT molecular complexity index is 2250. The molecule has 0 spiro atoms. The van der Waals surface area contributed by atoms with Crippen molar-refractivity contribution in [1.29, 1.82) is 0 Å². The molecule has 0 atom stereocenters. The van der Waals surface area contributed by atoms with Crippen LogP contribution in [-0.2, 0) is 0 Å². The first-order chi connectivity index (χ1) is 20.1. The number of fused-ring (bicyclic) bond motifs is 8. The molecule has 0 amide bonds. The van der Waals surface area contributed by atoms with Gasteiger partial charge in [-0.05, 0) is 75.7 Å². The summed E-state index contributed by atoms with van der Waals surface area (Å²) in [5.41, 5.74) is 8.01. The fraction of sp³-hybridized carbons (Fsp3) is 0.0500. The van der Waals surface area contributed by atoms with E-state index in [4.69, 9.17) is 0 Å². The normalized spacial score (nSPS) is 12.4. The number of allylic oxidation sites excluding steroid dienone is 5. The zero-order chi connectivity index (χ0) is 28.1. The monoisotopic (exact) mass is 525 g/mol. The molecule has 0 bridgehead atoms. The first kappa shape index (κ1) is 24.9. The largest absolute Gasteiger partial charge is 0.309 e. The van der Waals surface area contributed by atoms with Crippen molar-refractivity contribution in [3.63, 3.8) is 0 Å². The number of nitrogens with zero attached hydrogens (tertiary/aromatic N) is 1. The van der Waals surface area contributed by atoms with Crippen LogP contribution in [0.2, 0.25) is 0 Å². The second-order valence-electron chi connectivity index (χ2n) is 10.7. The summed E-state index contributed by atoms with van der Waals surface area (Å²) >= 11 is 0. The molecule has 7 rings (SSSR count). The van der Waals surface area contributed by atoms with E-state index in [-0.39, 0.29) is 0 Å². The highest BCUT2D eigenvalue weighted by atomic mass is 15.0. The lowest BCUT2D eigenvalue weighted by atomic mass is 9.87. The van der Waals surface area contributed by atoms with Crippen molar-refractivity contribution in [3.05, 3.63) is 151 Å². The molecular weight excluding hydrogens is 494 g/mol. The van der Waals surface area contributed by atoms with Crippen molar-refractivity contribution in [3.8, 4) is 5.69 Å². The molecule has 6 aromatic carbocycles. The van der Waals surface area contributed by atoms with Crippen molar-refractivity contribution < 1.29 is 0 Å². The maximum atomic E-state index is 4.41. The lowest BCUT2D eigenvalue weighted by molar-refractivity contribution is 1.19. The smallest absolute Gasteiger partial charge is 0.0626 e. The molecule has 0 aliphatic carbocycles. The van der Waals surface area contributed by atoms with Gasteiger partial charge in [-0.2, -0.15) is 0 Å². The first-order valence-electron chi connectivity index (χ1n) is 14.1. The van der Waals surface area contributed by atoms with Gasteiger partial charge in [0.1, 0.15) is 0 Å². The Hall–Kier alpha value is -5.14. The Morgan fingerprint density at radius 3 is 2.12 bits per heavy atom. The lowest BCUT2D eigenvalue weighted by Crippen LogP contribution is -1.98. The van der Waals surface area contributed by atoms with E-state index in [0.29, 0.717) is 0 Å². The van der Waals surface area contributed by atoms with Crippen LogP contribution in [0.15, 0.2) is 140 Å². The third-order valence-corrected chi connectivity index (χ3v) is 8.24. The molecule has 0 radical (unpaired) electrons. The molecule has 0 fully saturated rings. The summed E-state index contributed by atoms with van der Waals surface area (Å²) in [7, 11) is 0. The van der Waals surface area contributed by atoms with Crippen LogP contribution >= 0.6 is 0 Å². The third-order valence-electron chi connectivity index (χ3n) is 8.24. The van der Waals surface area contributed by atoms with Crippen molar-refractivity contribution in [2.45, 2.75) is 13.8 Å². The Labute approximate surface area is 240 Å². The average Bonchev–Trinajstić information content (AvgIpc) is 3.36. The van der Waals surface area contributed by atoms with E-state index in [1.54, 1.807) is 0 Å². The molecule has 1 nitrogen and oxygen atoms in total. The molecule has 0 aliphatic heterocycles. The lowest BCUT2D eigenvalue weighted by Gasteiger charge is -2.18. The van der Waals surface area contributed by atoms with Gasteiger partial charge < -0.3 is 4.57 Å². The molecule has 0 saturated carbocycles. The minimum Gasteiger partial charge on any atom is -0.309 e. The van der Waals surface area contributed by atoms with Crippen LogP contribution in [-0.4, -0.2) is 4.57 Å². The maximum absolute atomic E-state index is 4.41. The topological polar surface area (TPSA) is 4.93 Å². The number of benzene rings is 6. The van der Waals surface area contributed by atoms with Crippen molar-refractivity contribution >= 4 is 65.8 Å². The van der Waals surface area contributed by atoms with Crippen LogP contribution in [0.5, 0.6) is 0 Å². The Kier molecular flexibility index (Phi) is 5.94. The summed E-state index contributed by atoms with van der Waals surface area (Å²) in [6, 6.07) is 37.4. The van der Waals surface area contributed by atoms with E-state index in [9.17, 15) is 0 Å². The van der Waals surface area contributed by atoms with E-state index in [1.807, 2.05) is 13.0 Å². The zero-order valence-electron chi connectivity index (χ0n) is 23.5. The van der Waals surface area contributed by atoms with Gasteiger partial charge in [-0.3, -0.25) is 0 Å². The summed E-state index contributed by atoms with van der Waals surface area (Å²) < 4.78 is 2.45. The van der Waals surface area contributed by atoms with Gasteiger partial charge in [-0.25, -0.2) is 0 Å². The van der Waals surface area contributed by atoms with E-state index in [2.05, 4.69) is 146 Å². The molecule has 1 heteroatoms. The van der Waals surface area contributed by atoms with E-state index < -0.39 is 0 Å². The molecule has 1 heterocycles. The Balaban J connectivity index is 1.69. The summed E-state index contributed by atoms with van der Waals surface area (Å²) in [4.78, 5) is 0. The molecule has 41 heavy (non-hydrogen) atoms. The molecule has 0 aliphatic rings. The van der Waals surface area contributed by atoms with Gasteiger partial charge in [-0.15, -0.1) is 0 Å². The van der Waals surface area contributed by atoms with Crippen LogP contribution in [0.25, 0.3) is 71.5 Å². The van der Waals surface area contributed by atoms with Gasteiger partial charge in [-0.1, -0.05) is 128 Å². The predicted molar refractivity (Wildman–Crippen MR) is 181 cm³/mol. The van der Waals surface area contributed by atoms with Crippen molar-refractivity contribution in [1.82, 2.24) is 4.57 Å². The Morgan fingerprint density at radius 1 is 0.707 bits per heavy atom. The fourth-order valence-corrected chi connectivity index (χ4v) is 6.47. The van der Waals surface area contributed by atoms with Gasteiger partial charge in [0.15, 0.2) is 0 Å². The molecule has 196 valence electrons. The second kappa shape index (κ2) is 9.80. The van der Waals surface area contributed by atoms with Gasteiger partial charge in [0, 0.05) is 21.8 Å².